The van der Waals surface area contributed by atoms with Gasteiger partial charge in [0.2, 0.25) is 11.8 Å². The maximum Gasteiger partial charge on any atom is 0.228 e. The van der Waals surface area contributed by atoms with Crippen LogP contribution in [-0.4, -0.2) is 47.9 Å². The monoisotopic (exact) mass is 633 g/mol. The average molecular weight is 634 g/mol. The Balaban J connectivity index is 1.56. The Bertz CT molecular complexity index is 1560. The first-order valence-corrected chi connectivity index (χ1v) is 15.7. The van der Waals surface area contributed by atoms with Gasteiger partial charge in [0.1, 0.15) is 23.8 Å². The molecule has 0 radical (unpaired) electrons. The topological polar surface area (TPSA) is 117 Å². The molecule has 0 bridgehead atoms. The van der Waals surface area contributed by atoms with Gasteiger partial charge in [-0.1, -0.05) is 67.9 Å². The van der Waals surface area contributed by atoms with Crippen molar-refractivity contribution in [3.8, 4) is 5.75 Å². The number of amides is 2. The van der Waals surface area contributed by atoms with E-state index in [9.17, 15) is 19.5 Å². The Morgan fingerprint density at radius 1 is 1.13 bits per heavy atom. The number of nitrogens with one attached hydrogen (secondary N) is 2. The summed E-state index contributed by atoms with van der Waals surface area (Å²) in [6.45, 7) is 5.10. The number of benzene rings is 2. The number of Topliss-reactive ketones (excluding diaryl/α,β-unsaturated/α-hetero) is 1. The summed E-state index contributed by atoms with van der Waals surface area (Å²) in [6, 6.07) is 14.2. The molecular weight excluding hydrogens is 594 g/mol. The fourth-order valence-electron chi connectivity index (χ4n) is 6.11. The summed E-state index contributed by atoms with van der Waals surface area (Å²) in [6.07, 6.45) is 3.45. The highest BCUT2D eigenvalue weighted by Gasteiger charge is 2.45. The number of aliphatic hydroxyl groups excluding tert-OH is 1. The van der Waals surface area contributed by atoms with Crippen molar-refractivity contribution in [2.45, 2.75) is 65.0 Å². The Kier molecular flexibility index (Phi) is 9.99. The Morgan fingerprint density at radius 3 is 2.64 bits per heavy atom. The third-order valence-corrected chi connectivity index (χ3v) is 8.56. The maximum absolute atomic E-state index is 14.2. The number of ether oxygens (including phenoxy) is 2. The molecule has 0 saturated heterocycles. The summed E-state index contributed by atoms with van der Waals surface area (Å²) in [5, 5.41) is 17.5. The molecule has 0 fully saturated rings. The number of halogens is 1. The number of fused-ring (bicyclic) bond motifs is 1. The fourth-order valence-corrected chi connectivity index (χ4v) is 6.39. The third kappa shape index (κ3) is 7.43. The number of allylic oxidation sites excluding steroid dienone is 3. The molecule has 1 heterocycles. The molecule has 0 saturated carbocycles. The number of rotatable bonds is 10. The molecule has 10 heteroatoms. The van der Waals surface area contributed by atoms with Gasteiger partial charge >= 0.3 is 0 Å². The van der Waals surface area contributed by atoms with E-state index in [1.165, 1.54) is 0 Å². The number of hydrogen-bond acceptors (Lipinski definition) is 7. The average Bonchev–Trinajstić information content (AvgIpc) is 3.14. The molecule has 0 spiro atoms. The molecule has 238 valence electrons. The molecule has 2 amide bonds. The van der Waals surface area contributed by atoms with Crippen molar-refractivity contribution < 1.29 is 29.0 Å². The molecule has 5 rings (SSSR count). The minimum atomic E-state index is -0.884. The van der Waals surface area contributed by atoms with Gasteiger partial charge in [-0.2, -0.15) is 0 Å². The molecule has 0 aromatic heterocycles. The summed E-state index contributed by atoms with van der Waals surface area (Å²) in [5.41, 5.74) is 3.18. The van der Waals surface area contributed by atoms with Crippen LogP contribution in [0.2, 0.25) is 5.02 Å². The standard InChI is InChI=1S/C35H40ClN3O6/c1-35(2)19-26-32(29(41)20-35)34(24-13-12-23(18-25(24)36)45-21-22-8-5-4-6-9-22)39(27-10-7-11-28(40)33(27)38-26)31(43)15-14-30(42)37-16-17-44-3/h4-6,8-10,12-13,18,34,38,40H,7,11,14-17,19-21H2,1-3H3,(H,37,42). The second-order valence-corrected chi connectivity index (χ2v) is 12.8. The van der Waals surface area contributed by atoms with Gasteiger partial charge in [-0.05, 0) is 41.5 Å². The summed E-state index contributed by atoms with van der Waals surface area (Å²) in [7, 11) is 1.55. The second-order valence-electron chi connectivity index (χ2n) is 12.4. The Labute approximate surface area is 268 Å². The number of nitrogens with zero attached hydrogens (tertiary/aromatic N) is 1. The first-order chi connectivity index (χ1) is 21.6. The zero-order chi connectivity index (χ0) is 32.1. The van der Waals surface area contributed by atoms with E-state index in [4.69, 9.17) is 21.1 Å². The highest BCUT2D eigenvalue weighted by atomic mass is 35.5. The van der Waals surface area contributed by atoms with Crippen molar-refractivity contribution in [3.05, 3.63) is 99.2 Å². The lowest BCUT2D eigenvalue weighted by Gasteiger charge is -2.37. The molecule has 2 aliphatic carbocycles. The number of ketones is 1. The van der Waals surface area contributed by atoms with Gasteiger partial charge < -0.3 is 25.2 Å². The normalized spacial score (nSPS) is 19.2. The van der Waals surface area contributed by atoms with Crippen molar-refractivity contribution >= 4 is 29.2 Å². The van der Waals surface area contributed by atoms with E-state index in [0.717, 1.165) is 5.56 Å². The van der Waals surface area contributed by atoms with Gasteiger partial charge in [-0.3, -0.25) is 19.3 Å². The van der Waals surface area contributed by atoms with Crippen LogP contribution in [0.1, 0.15) is 69.5 Å². The zero-order valence-electron chi connectivity index (χ0n) is 26.0. The van der Waals surface area contributed by atoms with Crippen molar-refractivity contribution in [3.63, 3.8) is 0 Å². The lowest BCUT2D eigenvalue weighted by molar-refractivity contribution is -0.133. The number of carbonyl (C=O) groups excluding carboxylic acids is 3. The fraction of sp³-hybridized carbons (Fsp3) is 0.400. The van der Waals surface area contributed by atoms with Gasteiger partial charge in [0.05, 0.1) is 18.3 Å². The zero-order valence-corrected chi connectivity index (χ0v) is 26.7. The van der Waals surface area contributed by atoms with Crippen LogP contribution in [0, 0.1) is 5.41 Å². The van der Waals surface area contributed by atoms with Gasteiger partial charge in [0, 0.05) is 55.6 Å². The van der Waals surface area contributed by atoms with E-state index in [-0.39, 0.29) is 48.0 Å². The van der Waals surface area contributed by atoms with Crippen LogP contribution in [0.5, 0.6) is 5.75 Å². The van der Waals surface area contributed by atoms with Gasteiger partial charge in [0.25, 0.3) is 0 Å². The van der Waals surface area contributed by atoms with Crippen LogP contribution in [0.3, 0.4) is 0 Å². The number of hydrogen-bond donors (Lipinski definition) is 3. The predicted octanol–water partition coefficient (Wildman–Crippen LogP) is 6.03. The number of carbonyl (C=O) groups is 3. The Hall–Kier alpha value is -4.08. The van der Waals surface area contributed by atoms with Crippen LogP contribution in [0.25, 0.3) is 0 Å². The van der Waals surface area contributed by atoms with Crippen LogP contribution < -0.4 is 15.4 Å². The molecule has 2 aromatic carbocycles. The lowest BCUT2D eigenvalue weighted by atomic mass is 9.73. The van der Waals surface area contributed by atoms with Crippen molar-refractivity contribution in [1.29, 1.82) is 0 Å². The van der Waals surface area contributed by atoms with Crippen molar-refractivity contribution in [1.82, 2.24) is 15.5 Å². The maximum atomic E-state index is 14.2. The van der Waals surface area contributed by atoms with Crippen molar-refractivity contribution in [2.75, 3.05) is 20.3 Å². The molecule has 3 aliphatic rings. The van der Waals surface area contributed by atoms with E-state index in [0.29, 0.717) is 78.0 Å². The van der Waals surface area contributed by atoms with Crippen LogP contribution in [0.4, 0.5) is 0 Å². The van der Waals surface area contributed by atoms with Gasteiger partial charge in [-0.15, -0.1) is 0 Å². The quantitative estimate of drug-likeness (QED) is 0.274. The molecule has 1 unspecified atom stereocenters. The lowest BCUT2D eigenvalue weighted by Crippen LogP contribution is -2.39. The predicted molar refractivity (Wildman–Crippen MR) is 171 cm³/mol. The summed E-state index contributed by atoms with van der Waals surface area (Å²) >= 11 is 6.98. The third-order valence-electron chi connectivity index (χ3n) is 8.23. The molecule has 2 aromatic rings. The molecule has 45 heavy (non-hydrogen) atoms. The van der Waals surface area contributed by atoms with Crippen LogP contribution in [0.15, 0.2) is 83.0 Å². The van der Waals surface area contributed by atoms with E-state index in [2.05, 4.69) is 10.6 Å². The highest BCUT2D eigenvalue weighted by Crippen LogP contribution is 2.49. The van der Waals surface area contributed by atoms with E-state index in [1.807, 2.05) is 50.3 Å². The first-order valence-electron chi connectivity index (χ1n) is 15.3. The van der Waals surface area contributed by atoms with Gasteiger partial charge in [-0.25, -0.2) is 0 Å². The molecule has 9 nitrogen and oxygen atoms in total. The summed E-state index contributed by atoms with van der Waals surface area (Å²) in [4.78, 5) is 42.3. The second kappa shape index (κ2) is 13.9. The van der Waals surface area contributed by atoms with E-state index in [1.54, 1.807) is 30.2 Å². The summed E-state index contributed by atoms with van der Waals surface area (Å²) in [5.74, 6) is -0.0933. The number of methoxy groups -OCH3 is 1. The molecule has 3 N–H and O–H groups in total. The Morgan fingerprint density at radius 2 is 1.91 bits per heavy atom. The van der Waals surface area contributed by atoms with Crippen LogP contribution in [-0.2, 0) is 25.7 Å². The SMILES string of the molecule is COCCNC(=O)CCC(=O)N1C2=CCCC(O)=C2NC2=C(C(=O)CC(C)(C)C2)C1c1ccc(OCc2ccccc2)cc1Cl. The van der Waals surface area contributed by atoms with Crippen molar-refractivity contribution in [2.24, 2.45) is 5.41 Å². The molecular formula is C35H40ClN3O6. The minimum Gasteiger partial charge on any atom is -0.510 e. The molecule has 1 aliphatic heterocycles. The summed E-state index contributed by atoms with van der Waals surface area (Å²) < 4.78 is 11.0. The highest BCUT2D eigenvalue weighted by molar-refractivity contribution is 6.31. The minimum absolute atomic E-state index is 0.0512. The largest absolute Gasteiger partial charge is 0.510 e. The molecule has 1 atom stereocenters. The van der Waals surface area contributed by atoms with E-state index >= 15 is 0 Å². The number of aliphatic hydroxyl groups is 1. The smallest absolute Gasteiger partial charge is 0.228 e. The van der Waals surface area contributed by atoms with Gasteiger partial charge in [0.15, 0.2) is 5.78 Å². The van der Waals surface area contributed by atoms with Crippen LogP contribution >= 0.6 is 11.6 Å². The first kappa shape index (κ1) is 32.3. The van der Waals surface area contributed by atoms with E-state index < -0.39 is 6.04 Å².